The van der Waals surface area contributed by atoms with Gasteiger partial charge in [0, 0.05) is 6.54 Å². The molecule has 1 aliphatic heterocycles. The smallest absolute Gasteiger partial charge is 0.326 e. The first kappa shape index (κ1) is 13.6. The minimum absolute atomic E-state index is 0.499. The summed E-state index contributed by atoms with van der Waals surface area (Å²) < 4.78 is 5.18. The van der Waals surface area contributed by atoms with Gasteiger partial charge < -0.3 is 14.7 Å². The van der Waals surface area contributed by atoms with Crippen molar-refractivity contribution in [2.24, 2.45) is 0 Å². The van der Waals surface area contributed by atoms with E-state index in [1.54, 1.807) is 7.11 Å². The van der Waals surface area contributed by atoms with Crippen molar-refractivity contribution in [3.05, 3.63) is 11.9 Å². The zero-order chi connectivity index (χ0) is 13.8. The van der Waals surface area contributed by atoms with Crippen LogP contribution in [-0.2, 0) is 4.79 Å². The second-order valence-electron chi connectivity index (χ2n) is 4.73. The molecule has 104 valence electrons. The van der Waals surface area contributed by atoms with Crippen LogP contribution in [0.25, 0.3) is 0 Å². The van der Waals surface area contributed by atoms with E-state index in [9.17, 15) is 9.90 Å². The first-order chi connectivity index (χ1) is 9.15. The van der Waals surface area contributed by atoms with E-state index in [0.717, 1.165) is 24.8 Å². The highest BCUT2D eigenvalue weighted by molar-refractivity contribution is 5.78. The van der Waals surface area contributed by atoms with Crippen molar-refractivity contribution in [2.75, 3.05) is 18.6 Å². The summed E-state index contributed by atoms with van der Waals surface area (Å²) in [5, 5.41) is 9.40. The molecule has 2 rings (SSSR count). The normalized spacial score (nSPS) is 19.9. The number of anilines is 1. The van der Waals surface area contributed by atoms with Crippen molar-refractivity contribution in [3.8, 4) is 5.88 Å². The highest BCUT2D eigenvalue weighted by Crippen LogP contribution is 2.28. The lowest BCUT2D eigenvalue weighted by molar-refractivity contribution is -0.138. The fourth-order valence-corrected chi connectivity index (χ4v) is 2.54. The lowest BCUT2D eigenvalue weighted by atomic mass is 10.1. The van der Waals surface area contributed by atoms with Crippen LogP contribution in [0.3, 0.4) is 0 Å². The third-order valence-electron chi connectivity index (χ3n) is 3.51. The molecular weight excluding hydrogens is 246 g/mol. The van der Waals surface area contributed by atoms with E-state index in [1.807, 2.05) is 11.8 Å². The van der Waals surface area contributed by atoms with Gasteiger partial charge >= 0.3 is 5.97 Å². The van der Waals surface area contributed by atoms with E-state index in [1.165, 1.54) is 6.33 Å². The lowest BCUT2D eigenvalue weighted by Gasteiger charge is -2.29. The number of ether oxygens (including phenoxy) is 1. The second kappa shape index (κ2) is 5.86. The molecule has 1 fully saturated rings. The van der Waals surface area contributed by atoms with Crippen LogP contribution in [0.4, 0.5) is 5.82 Å². The van der Waals surface area contributed by atoms with Crippen LogP contribution in [0.2, 0.25) is 0 Å². The van der Waals surface area contributed by atoms with E-state index in [0.29, 0.717) is 24.7 Å². The number of aromatic nitrogens is 2. The van der Waals surface area contributed by atoms with E-state index in [4.69, 9.17) is 4.74 Å². The molecule has 0 bridgehead atoms. The van der Waals surface area contributed by atoms with E-state index >= 15 is 0 Å². The summed E-state index contributed by atoms with van der Waals surface area (Å²) in [5.74, 6) is 0.374. The van der Waals surface area contributed by atoms with Gasteiger partial charge in [-0.05, 0) is 19.8 Å². The molecule has 1 aliphatic rings. The summed E-state index contributed by atoms with van der Waals surface area (Å²) in [5.41, 5.74) is 0.790. The number of methoxy groups -OCH3 is 1. The van der Waals surface area contributed by atoms with Gasteiger partial charge in [0.2, 0.25) is 5.88 Å². The standard InChI is InChI=1S/C13H19N3O3/c1-9-11(14-8-15-12(9)19-2)16-7-5-3-4-6-10(16)13(17)18/h8,10H,3-7H2,1-2H3,(H,17,18). The maximum Gasteiger partial charge on any atom is 0.326 e. The summed E-state index contributed by atoms with van der Waals surface area (Å²) in [6.07, 6.45) is 5.05. The number of aliphatic carboxylic acids is 1. The molecule has 0 saturated carbocycles. The average molecular weight is 265 g/mol. The Kier molecular flexibility index (Phi) is 4.19. The van der Waals surface area contributed by atoms with Crippen LogP contribution >= 0.6 is 0 Å². The minimum Gasteiger partial charge on any atom is -0.481 e. The zero-order valence-electron chi connectivity index (χ0n) is 11.3. The largest absolute Gasteiger partial charge is 0.481 e. The summed E-state index contributed by atoms with van der Waals surface area (Å²) in [6, 6.07) is -0.513. The van der Waals surface area contributed by atoms with Gasteiger partial charge in [0.25, 0.3) is 0 Å². The fraction of sp³-hybridized carbons (Fsp3) is 0.615. The van der Waals surface area contributed by atoms with E-state index < -0.39 is 12.0 Å². The number of hydrogen-bond acceptors (Lipinski definition) is 5. The Morgan fingerprint density at radius 2 is 2.21 bits per heavy atom. The topological polar surface area (TPSA) is 75.6 Å². The van der Waals surface area contributed by atoms with Crippen molar-refractivity contribution >= 4 is 11.8 Å². The Morgan fingerprint density at radius 1 is 1.42 bits per heavy atom. The van der Waals surface area contributed by atoms with Crippen LogP contribution in [0, 0.1) is 6.92 Å². The zero-order valence-corrected chi connectivity index (χ0v) is 11.3. The van der Waals surface area contributed by atoms with Crippen LogP contribution in [0.5, 0.6) is 5.88 Å². The van der Waals surface area contributed by atoms with E-state index in [-0.39, 0.29) is 0 Å². The molecule has 0 aliphatic carbocycles. The van der Waals surface area contributed by atoms with Gasteiger partial charge in [-0.3, -0.25) is 0 Å². The number of carboxylic acids is 1. The summed E-state index contributed by atoms with van der Waals surface area (Å²) in [4.78, 5) is 21.6. The summed E-state index contributed by atoms with van der Waals surface area (Å²) >= 11 is 0. The lowest BCUT2D eigenvalue weighted by Crippen LogP contribution is -2.41. The fourth-order valence-electron chi connectivity index (χ4n) is 2.54. The molecule has 0 amide bonds. The van der Waals surface area contributed by atoms with Crippen molar-refractivity contribution in [1.29, 1.82) is 0 Å². The number of carboxylic acid groups (broad SMARTS) is 1. The second-order valence-corrected chi connectivity index (χ2v) is 4.73. The van der Waals surface area contributed by atoms with Crippen molar-refractivity contribution in [2.45, 2.75) is 38.6 Å². The molecule has 1 saturated heterocycles. The summed E-state index contributed by atoms with van der Waals surface area (Å²) in [7, 11) is 1.55. The molecular formula is C13H19N3O3. The third kappa shape index (κ3) is 2.77. The molecule has 1 unspecified atom stereocenters. The molecule has 1 aromatic heterocycles. The van der Waals surface area contributed by atoms with Gasteiger partial charge in [0.05, 0.1) is 12.7 Å². The maximum absolute atomic E-state index is 11.4. The molecule has 0 radical (unpaired) electrons. The Balaban J connectivity index is 2.38. The molecule has 0 spiro atoms. The van der Waals surface area contributed by atoms with Crippen molar-refractivity contribution in [3.63, 3.8) is 0 Å². The van der Waals surface area contributed by atoms with Crippen molar-refractivity contribution in [1.82, 2.24) is 9.97 Å². The predicted octanol–water partition coefficient (Wildman–Crippen LogP) is 1.63. The minimum atomic E-state index is -0.793. The molecule has 6 heteroatoms. The molecule has 2 heterocycles. The number of rotatable bonds is 3. The number of hydrogen-bond donors (Lipinski definition) is 1. The first-order valence-electron chi connectivity index (χ1n) is 6.50. The van der Waals surface area contributed by atoms with Crippen LogP contribution in [0.1, 0.15) is 31.2 Å². The molecule has 1 atom stereocenters. The van der Waals surface area contributed by atoms with Gasteiger partial charge in [-0.2, -0.15) is 0 Å². The maximum atomic E-state index is 11.4. The van der Waals surface area contributed by atoms with Gasteiger partial charge in [0.1, 0.15) is 18.2 Å². The van der Waals surface area contributed by atoms with Gasteiger partial charge in [-0.15, -0.1) is 0 Å². The molecule has 6 nitrogen and oxygen atoms in total. The molecule has 0 aromatic carbocycles. The highest BCUT2D eigenvalue weighted by atomic mass is 16.5. The molecule has 1 aromatic rings. The SMILES string of the molecule is COc1ncnc(N2CCCCCC2C(=O)O)c1C. The Hall–Kier alpha value is -1.85. The predicted molar refractivity (Wildman–Crippen MR) is 70.6 cm³/mol. The monoisotopic (exact) mass is 265 g/mol. The Labute approximate surface area is 112 Å². The average Bonchev–Trinajstić information content (AvgIpc) is 2.64. The van der Waals surface area contributed by atoms with E-state index in [2.05, 4.69) is 9.97 Å². The van der Waals surface area contributed by atoms with Crippen LogP contribution in [0.15, 0.2) is 6.33 Å². The van der Waals surface area contributed by atoms with Gasteiger partial charge in [-0.25, -0.2) is 14.8 Å². The third-order valence-corrected chi connectivity index (χ3v) is 3.51. The highest BCUT2D eigenvalue weighted by Gasteiger charge is 2.29. The Bertz CT molecular complexity index is 464. The van der Waals surface area contributed by atoms with Crippen LogP contribution < -0.4 is 9.64 Å². The Morgan fingerprint density at radius 3 is 2.89 bits per heavy atom. The van der Waals surface area contributed by atoms with Crippen LogP contribution in [-0.4, -0.2) is 40.7 Å². The van der Waals surface area contributed by atoms with Gasteiger partial charge in [0.15, 0.2) is 0 Å². The molecule has 1 N–H and O–H groups in total. The number of carbonyl (C=O) groups is 1. The molecule has 19 heavy (non-hydrogen) atoms. The number of nitrogens with zero attached hydrogens (tertiary/aromatic N) is 3. The first-order valence-corrected chi connectivity index (χ1v) is 6.50. The summed E-state index contributed by atoms with van der Waals surface area (Å²) in [6.45, 7) is 2.57. The van der Waals surface area contributed by atoms with Crippen molar-refractivity contribution < 1.29 is 14.6 Å². The quantitative estimate of drug-likeness (QED) is 0.895. The van der Waals surface area contributed by atoms with Gasteiger partial charge in [-0.1, -0.05) is 12.8 Å².